The monoisotopic (exact) mass is 361 g/mol. The minimum atomic E-state index is -3.57. The van der Waals surface area contributed by atoms with E-state index >= 15 is 0 Å². The summed E-state index contributed by atoms with van der Waals surface area (Å²) in [6, 6.07) is 10.2. The van der Waals surface area contributed by atoms with Crippen LogP contribution in [0.5, 0.6) is 0 Å². The lowest BCUT2D eigenvalue weighted by Gasteiger charge is -2.21. The molecule has 1 amide bonds. The van der Waals surface area contributed by atoms with E-state index in [1.165, 1.54) is 12.1 Å². The van der Waals surface area contributed by atoms with Crippen LogP contribution in [0, 0.1) is 0 Å². The molecule has 25 heavy (non-hydrogen) atoms. The van der Waals surface area contributed by atoms with Crippen molar-refractivity contribution in [2.45, 2.75) is 37.2 Å². The highest BCUT2D eigenvalue weighted by atomic mass is 32.2. The number of carbonyl (C=O) groups is 1. The van der Waals surface area contributed by atoms with Crippen LogP contribution >= 0.6 is 0 Å². The Morgan fingerprint density at radius 1 is 1.20 bits per heavy atom. The molecular formula is C18H23N3O3S. The molecule has 0 radical (unpaired) electrons. The smallest absolute Gasteiger partial charge is 0.254 e. The maximum atomic E-state index is 12.5. The number of aromatic nitrogens is 1. The molecule has 6 nitrogen and oxygen atoms in total. The summed E-state index contributed by atoms with van der Waals surface area (Å²) in [5, 5.41) is 0. The zero-order chi connectivity index (χ0) is 17.9. The normalized spacial score (nSPS) is 17.8. The van der Waals surface area contributed by atoms with Crippen LogP contribution in [0.25, 0.3) is 0 Å². The molecule has 134 valence electrons. The first-order valence-corrected chi connectivity index (χ1v) is 9.97. The van der Waals surface area contributed by atoms with Crippen molar-refractivity contribution in [1.29, 1.82) is 0 Å². The van der Waals surface area contributed by atoms with Gasteiger partial charge in [-0.15, -0.1) is 0 Å². The van der Waals surface area contributed by atoms with Gasteiger partial charge in [0.15, 0.2) is 0 Å². The molecule has 2 aromatic rings. The maximum Gasteiger partial charge on any atom is 0.254 e. The Kier molecular flexibility index (Phi) is 5.24. The van der Waals surface area contributed by atoms with Crippen LogP contribution in [0.2, 0.25) is 0 Å². The van der Waals surface area contributed by atoms with Crippen LogP contribution in [-0.2, 0) is 16.6 Å². The third-order valence-electron chi connectivity index (χ3n) is 4.55. The van der Waals surface area contributed by atoms with E-state index in [9.17, 15) is 13.2 Å². The van der Waals surface area contributed by atoms with Gasteiger partial charge >= 0.3 is 0 Å². The van der Waals surface area contributed by atoms with E-state index in [1.54, 1.807) is 12.1 Å². The molecule has 7 heteroatoms. The Balaban J connectivity index is 1.63. The first kappa shape index (κ1) is 17.7. The molecule has 1 N–H and O–H groups in total. The summed E-state index contributed by atoms with van der Waals surface area (Å²) in [4.78, 5) is 14.5. The van der Waals surface area contributed by atoms with E-state index in [0.29, 0.717) is 18.7 Å². The number of sulfonamides is 1. The van der Waals surface area contributed by atoms with E-state index < -0.39 is 10.0 Å². The summed E-state index contributed by atoms with van der Waals surface area (Å²) < 4.78 is 29.2. The summed E-state index contributed by atoms with van der Waals surface area (Å²) in [6.07, 6.45) is 5.80. The van der Waals surface area contributed by atoms with E-state index in [4.69, 9.17) is 0 Å². The molecule has 1 aliphatic heterocycles. The fourth-order valence-corrected chi connectivity index (χ4v) is 4.11. The van der Waals surface area contributed by atoms with E-state index in [0.717, 1.165) is 19.4 Å². The Morgan fingerprint density at radius 2 is 1.88 bits per heavy atom. The molecule has 3 rings (SSSR count). The van der Waals surface area contributed by atoms with Gasteiger partial charge in [-0.3, -0.25) is 4.79 Å². The first-order chi connectivity index (χ1) is 12.0. The zero-order valence-electron chi connectivity index (χ0n) is 14.3. The maximum absolute atomic E-state index is 12.5. The number of nitrogens with one attached hydrogen (secondary N) is 1. The third kappa shape index (κ3) is 4.11. The van der Waals surface area contributed by atoms with Gasteiger partial charge in [0, 0.05) is 43.6 Å². The summed E-state index contributed by atoms with van der Waals surface area (Å²) in [6.45, 7) is 3.68. The molecule has 0 spiro atoms. The highest BCUT2D eigenvalue weighted by Crippen LogP contribution is 2.20. The average Bonchev–Trinajstić information content (AvgIpc) is 3.26. The minimum absolute atomic E-state index is 0.0329. The van der Waals surface area contributed by atoms with Gasteiger partial charge in [0.2, 0.25) is 10.0 Å². The molecule has 0 bridgehead atoms. The second kappa shape index (κ2) is 7.41. The Morgan fingerprint density at radius 3 is 2.48 bits per heavy atom. The molecule has 1 atom stereocenters. The van der Waals surface area contributed by atoms with Crippen LogP contribution in [0.4, 0.5) is 0 Å². The van der Waals surface area contributed by atoms with Crippen molar-refractivity contribution in [3.05, 3.63) is 54.4 Å². The van der Waals surface area contributed by atoms with Crippen LogP contribution in [0.15, 0.2) is 53.7 Å². The summed E-state index contributed by atoms with van der Waals surface area (Å²) in [5.74, 6) is -0.0329. The molecule has 1 saturated heterocycles. The summed E-state index contributed by atoms with van der Waals surface area (Å²) >= 11 is 0. The van der Waals surface area contributed by atoms with Crippen LogP contribution in [0.3, 0.4) is 0 Å². The molecular weight excluding hydrogens is 338 g/mol. The highest BCUT2D eigenvalue weighted by Gasteiger charge is 2.26. The molecule has 0 unspecified atom stereocenters. The number of benzene rings is 1. The van der Waals surface area contributed by atoms with Crippen LogP contribution in [0.1, 0.15) is 30.1 Å². The number of carbonyl (C=O) groups excluding carboxylic acids is 1. The fourth-order valence-electron chi connectivity index (χ4n) is 3.09. The number of rotatable bonds is 6. The SMILES string of the molecule is C[C@@H]1CCCN1C(=O)c1ccc(S(=O)(=O)NCCn2cccc2)cc1. The average molecular weight is 361 g/mol. The molecule has 1 aromatic heterocycles. The van der Waals surface area contributed by atoms with Crippen molar-refractivity contribution in [2.75, 3.05) is 13.1 Å². The molecule has 1 aromatic carbocycles. The van der Waals surface area contributed by atoms with Gasteiger partial charge < -0.3 is 9.47 Å². The quantitative estimate of drug-likeness (QED) is 0.856. The molecule has 2 heterocycles. The van der Waals surface area contributed by atoms with E-state index in [2.05, 4.69) is 4.72 Å². The molecule has 1 aliphatic rings. The van der Waals surface area contributed by atoms with E-state index in [1.807, 2.05) is 40.9 Å². The van der Waals surface area contributed by atoms with Gasteiger partial charge in [-0.1, -0.05) is 0 Å². The lowest BCUT2D eigenvalue weighted by atomic mass is 10.2. The first-order valence-electron chi connectivity index (χ1n) is 8.49. The van der Waals surface area contributed by atoms with Crippen molar-refractivity contribution >= 4 is 15.9 Å². The van der Waals surface area contributed by atoms with Gasteiger partial charge in [-0.05, 0) is 56.2 Å². The van der Waals surface area contributed by atoms with Crippen molar-refractivity contribution in [3.63, 3.8) is 0 Å². The second-order valence-corrected chi connectivity index (χ2v) is 8.10. The number of hydrogen-bond acceptors (Lipinski definition) is 3. The molecule has 0 aliphatic carbocycles. The van der Waals surface area contributed by atoms with Gasteiger partial charge in [0.1, 0.15) is 0 Å². The van der Waals surface area contributed by atoms with Gasteiger partial charge in [0.25, 0.3) is 5.91 Å². The lowest BCUT2D eigenvalue weighted by Crippen LogP contribution is -2.33. The predicted molar refractivity (Wildman–Crippen MR) is 95.8 cm³/mol. The zero-order valence-corrected chi connectivity index (χ0v) is 15.1. The Bertz CT molecular complexity index is 814. The van der Waals surface area contributed by atoms with Gasteiger partial charge in [-0.25, -0.2) is 13.1 Å². The predicted octanol–water partition coefficient (Wildman–Crippen LogP) is 2.09. The third-order valence-corrected chi connectivity index (χ3v) is 6.03. The minimum Gasteiger partial charge on any atom is -0.353 e. The van der Waals surface area contributed by atoms with Gasteiger partial charge in [-0.2, -0.15) is 0 Å². The Labute approximate surface area is 148 Å². The topological polar surface area (TPSA) is 71.4 Å². The molecule has 0 saturated carbocycles. The van der Waals surface area contributed by atoms with Crippen molar-refractivity contribution < 1.29 is 13.2 Å². The number of likely N-dealkylation sites (tertiary alicyclic amines) is 1. The highest BCUT2D eigenvalue weighted by molar-refractivity contribution is 7.89. The number of amides is 1. The van der Waals surface area contributed by atoms with Crippen molar-refractivity contribution in [1.82, 2.24) is 14.2 Å². The van der Waals surface area contributed by atoms with Gasteiger partial charge in [0.05, 0.1) is 4.90 Å². The summed E-state index contributed by atoms with van der Waals surface area (Å²) in [7, 11) is -3.57. The Hall–Kier alpha value is -2.12. The fraction of sp³-hybridized carbons (Fsp3) is 0.389. The van der Waals surface area contributed by atoms with Crippen LogP contribution in [-0.4, -0.2) is 42.9 Å². The largest absolute Gasteiger partial charge is 0.353 e. The standard InChI is InChI=1S/C18H23N3O3S/c1-15-5-4-13-21(15)18(22)16-6-8-17(9-7-16)25(23,24)19-10-14-20-11-2-3-12-20/h2-3,6-9,11-12,15,19H,4-5,10,13-14H2,1H3/t15-/m1/s1. The summed E-state index contributed by atoms with van der Waals surface area (Å²) in [5.41, 5.74) is 0.528. The van der Waals surface area contributed by atoms with Crippen molar-refractivity contribution in [2.24, 2.45) is 0 Å². The molecule has 1 fully saturated rings. The number of nitrogens with zero attached hydrogens (tertiary/aromatic N) is 2. The van der Waals surface area contributed by atoms with E-state index in [-0.39, 0.29) is 16.8 Å². The second-order valence-electron chi connectivity index (χ2n) is 6.33. The lowest BCUT2D eigenvalue weighted by molar-refractivity contribution is 0.0747. The van der Waals surface area contributed by atoms with Crippen molar-refractivity contribution in [3.8, 4) is 0 Å². The number of hydrogen-bond donors (Lipinski definition) is 1. The van der Waals surface area contributed by atoms with Crippen LogP contribution < -0.4 is 4.72 Å².